The predicted molar refractivity (Wildman–Crippen MR) is 145 cm³/mol. The molecular weight excluding hydrogens is 529 g/mol. The zero-order valence-electron chi connectivity index (χ0n) is 21.8. The van der Waals surface area contributed by atoms with E-state index < -0.39 is 11.7 Å². The number of nitrogens with one attached hydrogen (secondary N) is 1. The van der Waals surface area contributed by atoms with E-state index in [1.165, 1.54) is 51.4 Å². The molecule has 0 aliphatic carbocycles. The van der Waals surface area contributed by atoms with Crippen molar-refractivity contribution in [3.8, 4) is 28.6 Å². The molecule has 0 atom stereocenters. The number of ether oxygens (including phenoxy) is 3. The van der Waals surface area contributed by atoms with Gasteiger partial charge in [0.25, 0.3) is 5.91 Å². The Morgan fingerprint density at radius 3 is 2.28 bits per heavy atom. The normalized spacial score (nSPS) is 10.6. The zero-order valence-corrected chi connectivity index (χ0v) is 22.6. The van der Waals surface area contributed by atoms with Gasteiger partial charge in [0.05, 0.1) is 43.4 Å². The lowest BCUT2D eigenvalue weighted by Crippen LogP contribution is -2.23. The summed E-state index contributed by atoms with van der Waals surface area (Å²) in [5.74, 6) is -0.240. The summed E-state index contributed by atoms with van der Waals surface area (Å²) in [6, 6.07) is 13.7. The number of halogens is 2. The molecule has 1 N–H and O–H groups in total. The minimum atomic E-state index is -0.552. The maximum Gasteiger partial charge on any atom is 0.261 e. The van der Waals surface area contributed by atoms with Crippen LogP contribution in [0.1, 0.15) is 23.0 Å². The summed E-state index contributed by atoms with van der Waals surface area (Å²) >= 11 is 6.23. The van der Waals surface area contributed by atoms with Gasteiger partial charge in [-0.3, -0.25) is 14.5 Å². The van der Waals surface area contributed by atoms with E-state index in [0.29, 0.717) is 40.0 Å². The van der Waals surface area contributed by atoms with Gasteiger partial charge in [-0.15, -0.1) is 0 Å². The topological polar surface area (TPSA) is 103 Å². The third-order valence-electron chi connectivity index (χ3n) is 5.85. The van der Waals surface area contributed by atoms with Crippen molar-refractivity contribution in [2.45, 2.75) is 13.8 Å². The Morgan fingerprint density at radius 1 is 0.974 bits per heavy atom. The number of aromatic nitrogens is 1. The van der Waals surface area contributed by atoms with Crippen molar-refractivity contribution in [1.29, 1.82) is 0 Å². The van der Waals surface area contributed by atoms with Gasteiger partial charge in [-0.25, -0.2) is 4.39 Å². The van der Waals surface area contributed by atoms with E-state index in [1.807, 2.05) is 0 Å². The fourth-order valence-electron chi connectivity index (χ4n) is 4.12. The summed E-state index contributed by atoms with van der Waals surface area (Å²) in [5.41, 5.74) is 1.89. The van der Waals surface area contributed by atoms with Crippen LogP contribution in [-0.4, -0.2) is 38.3 Å². The molecule has 9 nitrogen and oxygen atoms in total. The largest absolute Gasteiger partial charge is 0.493 e. The van der Waals surface area contributed by atoms with E-state index in [1.54, 1.807) is 43.3 Å². The van der Waals surface area contributed by atoms with Gasteiger partial charge in [0.2, 0.25) is 11.7 Å². The van der Waals surface area contributed by atoms with Crippen LogP contribution in [0, 0.1) is 12.7 Å². The Bertz CT molecular complexity index is 1530. The third-order valence-corrected chi connectivity index (χ3v) is 6.18. The molecule has 3 aromatic carbocycles. The first-order valence-electron chi connectivity index (χ1n) is 11.6. The highest BCUT2D eigenvalue weighted by Crippen LogP contribution is 2.43. The highest BCUT2D eigenvalue weighted by atomic mass is 35.5. The smallest absolute Gasteiger partial charge is 0.261 e. The number of methoxy groups -OCH3 is 3. The molecule has 11 heteroatoms. The first kappa shape index (κ1) is 27.5. The number of aryl methyl sites for hydroxylation is 1. The van der Waals surface area contributed by atoms with E-state index in [9.17, 15) is 14.0 Å². The SMILES string of the molecule is COc1cc(N(C(C)=O)c2cccc(NC(=O)c3c(C)noc3-c3cc(F)ccc3Cl)c2)cc(OC)c1OC. The molecule has 4 rings (SSSR count). The van der Waals surface area contributed by atoms with E-state index in [2.05, 4.69) is 10.5 Å². The van der Waals surface area contributed by atoms with Crippen molar-refractivity contribution in [3.63, 3.8) is 0 Å². The van der Waals surface area contributed by atoms with Crippen LogP contribution in [0.15, 0.2) is 59.1 Å². The monoisotopic (exact) mass is 553 g/mol. The first-order chi connectivity index (χ1) is 18.7. The fourth-order valence-corrected chi connectivity index (χ4v) is 4.32. The number of amides is 2. The minimum Gasteiger partial charge on any atom is -0.493 e. The summed E-state index contributed by atoms with van der Waals surface area (Å²) in [6.45, 7) is 3.00. The minimum absolute atomic E-state index is 0.0356. The van der Waals surface area contributed by atoms with Crippen molar-refractivity contribution in [3.05, 3.63) is 76.7 Å². The Kier molecular flexibility index (Phi) is 8.06. The van der Waals surface area contributed by atoms with Gasteiger partial charge in [0.15, 0.2) is 17.3 Å². The molecule has 1 aromatic heterocycles. The van der Waals surface area contributed by atoms with Gasteiger partial charge in [-0.1, -0.05) is 22.8 Å². The Labute approximate surface area is 229 Å². The molecule has 0 aliphatic heterocycles. The number of rotatable bonds is 8. The third kappa shape index (κ3) is 5.51. The molecule has 2 amide bonds. The maximum atomic E-state index is 13.9. The fraction of sp³-hybridized carbons (Fsp3) is 0.179. The van der Waals surface area contributed by atoms with Crippen LogP contribution < -0.4 is 24.4 Å². The molecule has 0 aliphatic rings. The molecule has 0 saturated heterocycles. The van der Waals surface area contributed by atoms with Crippen LogP contribution in [0.2, 0.25) is 5.02 Å². The summed E-state index contributed by atoms with van der Waals surface area (Å²) in [4.78, 5) is 27.6. The van der Waals surface area contributed by atoms with Gasteiger partial charge in [-0.05, 0) is 43.3 Å². The quantitative estimate of drug-likeness (QED) is 0.269. The highest BCUT2D eigenvalue weighted by Gasteiger charge is 2.25. The van der Waals surface area contributed by atoms with Crippen molar-refractivity contribution in [1.82, 2.24) is 5.16 Å². The lowest BCUT2D eigenvalue weighted by atomic mass is 10.1. The molecule has 4 aromatic rings. The van der Waals surface area contributed by atoms with Crippen LogP contribution in [0.3, 0.4) is 0 Å². The van der Waals surface area contributed by atoms with Gasteiger partial charge in [0, 0.05) is 30.3 Å². The second-order valence-electron chi connectivity index (χ2n) is 8.34. The van der Waals surface area contributed by atoms with Crippen molar-refractivity contribution in [2.75, 3.05) is 31.5 Å². The number of hydrogen-bond acceptors (Lipinski definition) is 7. The molecule has 0 saturated carbocycles. The van der Waals surface area contributed by atoms with E-state index in [-0.39, 0.29) is 27.8 Å². The van der Waals surface area contributed by atoms with E-state index in [4.69, 9.17) is 30.3 Å². The standard InChI is InChI=1S/C28H25ClFN3O6/c1-15-25(26(39-32-15)21-11-17(30)9-10-22(21)29)28(35)31-18-7-6-8-19(12-18)33(16(2)34)20-13-23(36-3)27(38-5)24(14-20)37-4/h6-14H,1-5H3,(H,31,35). The molecule has 39 heavy (non-hydrogen) atoms. The van der Waals surface area contributed by atoms with E-state index >= 15 is 0 Å². The summed E-state index contributed by atoms with van der Waals surface area (Å²) in [7, 11) is 4.44. The second kappa shape index (κ2) is 11.4. The molecular formula is C28H25ClFN3O6. The van der Waals surface area contributed by atoms with Gasteiger partial charge in [0.1, 0.15) is 11.4 Å². The summed E-state index contributed by atoms with van der Waals surface area (Å²) in [5, 5.41) is 6.87. The van der Waals surface area contributed by atoms with Crippen LogP contribution in [0.25, 0.3) is 11.3 Å². The van der Waals surface area contributed by atoms with Crippen LogP contribution in [-0.2, 0) is 4.79 Å². The molecule has 1 heterocycles. The lowest BCUT2D eigenvalue weighted by Gasteiger charge is -2.24. The van der Waals surface area contributed by atoms with Crippen molar-refractivity contribution in [2.24, 2.45) is 0 Å². The van der Waals surface area contributed by atoms with Crippen molar-refractivity contribution < 1.29 is 32.7 Å². The van der Waals surface area contributed by atoms with Crippen molar-refractivity contribution >= 4 is 40.5 Å². The average Bonchev–Trinajstić information content (AvgIpc) is 3.30. The Morgan fingerprint density at radius 2 is 1.67 bits per heavy atom. The van der Waals surface area contributed by atoms with Crippen LogP contribution in [0.5, 0.6) is 17.2 Å². The van der Waals surface area contributed by atoms with E-state index in [0.717, 1.165) is 0 Å². The number of benzene rings is 3. The number of carbonyl (C=O) groups is 2. The van der Waals surface area contributed by atoms with Crippen LogP contribution >= 0.6 is 11.6 Å². The molecule has 0 fully saturated rings. The van der Waals surface area contributed by atoms with Gasteiger partial charge >= 0.3 is 0 Å². The maximum absolute atomic E-state index is 13.9. The summed E-state index contributed by atoms with van der Waals surface area (Å²) in [6.07, 6.45) is 0. The second-order valence-corrected chi connectivity index (χ2v) is 8.75. The molecule has 0 bridgehead atoms. The number of carbonyl (C=O) groups excluding carboxylic acids is 2. The molecule has 202 valence electrons. The number of anilines is 3. The number of nitrogens with zero attached hydrogens (tertiary/aromatic N) is 2. The van der Waals surface area contributed by atoms with Gasteiger partial charge in [-0.2, -0.15) is 0 Å². The number of hydrogen-bond donors (Lipinski definition) is 1. The highest BCUT2D eigenvalue weighted by molar-refractivity contribution is 6.33. The average molecular weight is 554 g/mol. The zero-order chi connectivity index (χ0) is 28.3. The molecule has 0 radical (unpaired) electrons. The Balaban J connectivity index is 1.70. The first-order valence-corrected chi connectivity index (χ1v) is 12.0. The molecule has 0 unspecified atom stereocenters. The lowest BCUT2D eigenvalue weighted by molar-refractivity contribution is -0.115. The molecule has 0 spiro atoms. The predicted octanol–water partition coefficient (Wildman–Crippen LogP) is 6.41. The van der Waals surface area contributed by atoms with Gasteiger partial charge < -0.3 is 24.1 Å². The summed E-state index contributed by atoms with van der Waals surface area (Å²) < 4.78 is 35.5. The van der Waals surface area contributed by atoms with Crippen LogP contribution in [0.4, 0.5) is 21.5 Å². The Hall–Kier alpha value is -4.57.